The summed E-state index contributed by atoms with van der Waals surface area (Å²) in [7, 11) is 0. The Kier molecular flexibility index (Phi) is 8.01. The molecule has 0 aliphatic carbocycles. The molecule has 2 aliphatic heterocycles. The van der Waals surface area contributed by atoms with E-state index in [1.54, 1.807) is 12.1 Å². The fraction of sp³-hybridized carbons (Fsp3) is 0.476. The molecule has 2 aliphatic rings. The zero-order valence-electron chi connectivity index (χ0n) is 18.6. The van der Waals surface area contributed by atoms with Crippen molar-refractivity contribution in [3.8, 4) is 5.88 Å². The van der Waals surface area contributed by atoms with Gasteiger partial charge in [-0.05, 0) is 6.07 Å². The molecule has 1 aromatic carbocycles. The number of ether oxygens (including phenoxy) is 3. The Balaban J connectivity index is 1.43. The van der Waals surface area contributed by atoms with Crippen LogP contribution in [0.4, 0.5) is 27.9 Å². The molecular formula is C21H27N7O6. The summed E-state index contributed by atoms with van der Waals surface area (Å²) in [5.41, 5.74) is 0.168. The van der Waals surface area contributed by atoms with Gasteiger partial charge in [-0.3, -0.25) is 20.3 Å². The molecule has 0 bridgehead atoms. The molecule has 4 rings (SSSR count). The van der Waals surface area contributed by atoms with Crippen molar-refractivity contribution in [1.82, 2.24) is 14.9 Å². The molecule has 182 valence electrons. The van der Waals surface area contributed by atoms with E-state index >= 15 is 0 Å². The Morgan fingerprint density at radius 2 is 1.79 bits per heavy atom. The normalized spacial score (nSPS) is 16.6. The van der Waals surface area contributed by atoms with Crippen molar-refractivity contribution in [3.05, 3.63) is 40.4 Å². The summed E-state index contributed by atoms with van der Waals surface area (Å²) >= 11 is 0. The number of carbonyl (C=O) groups excluding carboxylic acids is 1. The highest BCUT2D eigenvalue weighted by Crippen LogP contribution is 2.21. The van der Waals surface area contributed by atoms with Crippen LogP contribution < -0.4 is 20.3 Å². The van der Waals surface area contributed by atoms with Gasteiger partial charge in [-0.1, -0.05) is 6.07 Å². The van der Waals surface area contributed by atoms with E-state index in [1.165, 1.54) is 18.2 Å². The second kappa shape index (κ2) is 11.5. The number of anilines is 3. The van der Waals surface area contributed by atoms with Crippen LogP contribution in [-0.2, 0) is 9.47 Å². The summed E-state index contributed by atoms with van der Waals surface area (Å²) < 4.78 is 16.6. The van der Waals surface area contributed by atoms with Crippen LogP contribution >= 0.6 is 0 Å². The first-order chi connectivity index (χ1) is 16.6. The van der Waals surface area contributed by atoms with Gasteiger partial charge < -0.3 is 24.4 Å². The SMILES string of the molecule is O=C(Nc1cccc([N+](=O)[O-])c1)Nc1cc(OCCN2CCOCC2)nc(N2CCOCC2)n1. The van der Waals surface area contributed by atoms with E-state index in [-0.39, 0.29) is 17.2 Å². The van der Waals surface area contributed by atoms with Gasteiger partial charge >= 0.3 is 6.03 Å². The van der Waals surface area contributed by atoms with E-state index < -0.39 is 11.0 Å². The van der Waals surface area contributed by atoms with Gasteiger partial charge in [0.2, 0.25) is 11.8 Å². The lowest BCUT2D eigenvalue weighted by atomic mass is 10.3. The van der Waals surface area contributed by atoms with Crippen LogP contribution in [-0.4, -0.2) is 91.6 Å². The Morgan fingerprint density at radius 3 is 2.53 bits per heavy atom. The highest BCUT2D eigenvalue weighted by atomic mass is 16.6. The largest absolute Gasteiger partial charge is 0.476 e. The molecule has 2 amide bonds. The minimum atomic E-state index is -0.591. The van der Waals surface area contributed by atoms with Crippen LogP contribution in [0.1, 0.15) is 0 Å². The minimum Gasteiger partial charge on any atom is -0.476 e. The zero-order valence-corrected chi connectivity index (χ0v) is 18.6. The number of nitro groups is 1. The van der Waals surface area contributed by atoms with Crippen molar-refractivity contribution in [2.45, 2.75) is 0 Å². The van der Waals surface area contributed by atoms with Gasteiger partial charge in [-0.15, -0.1) is 0 Å². The summed E-state index contributed by atoms with van der Waals surface area (Å²) in [6.45, 7) is 6.66. The molecular weight excluding hydrogens is 446 g/mol. The highest BCUT2D eigenvalue weighted by molar-refractivity contribution is 5.99. The number of morpholine rings is 2. The van der Waals surface area contributed by atoms with Crippen LogP contribution in [0, 0.1) is 10.1 Å². The predicted octanol–water partition coefficient (Wildman–Crippen LogP) is 1.58. The van der Waals surface area contributed by atoms with Gasteiger partial charge in [0.1, 0.15) is 12.4 Å². The molecule has 0 atom stereocenters. The number of amides is 2. The number of nitrogens with zero attached hydrogens (tertiary/aromatic N) is 5. The molecule has 2 fully saturated rings. The molecule has 0 radical (unpaired) electrons. The highest BCUT2D eigenvalue weighted by Gasteiger charge is 2.18. The number of hydrogen-bond donors (Lipinski definition) is 2. The monoisotopic (exact) mass is 473 g/mol. The molecule has 1 aromatic heterocycles. The Morgan fingerprint density at radius 1 is 1.06 bits per heavy atom. The average molecular weight is 473 g/mol. The van der Waals surface area contributed by atoms with E-state index in [0.29, 0.717) is 58.0 Å². The van der Waals surface area contributed by atoms with Gasteiger partial charge in [-0.25, -0.2) is 4.79 Å². The van der Waals surface area contributed by atoms with E-state index in [2.05, 4.69) is 25.5 Å². The quantitative estimate of drug-likeness (QED) is 0.428. The van der Waals surface area contributed by atoms with Gasteiger partial charge in [0, 0.05) is 56.6 Å². The average Bonchev–Trinajstić information content (AvgIpc) is 2.85. The summed E-state index contributed by atoms with van der Waals surface area (Å²) in [5, 5.41) is 16.2. The smallest absolute Gasteiger partial charge is 0.324 e. The molecule has 13 nitrogen and oxygen atoms in total. The summed E-state index contributed by atoms with van der Waals surface area (Å²) in [6, 6.07) is 6.64. The second-order valence-electron chi connectivity index (χ2n) is 7.68. The molecule has 0 saturated carbocycles. The standard InChI is InChI=1S/C21H27N7O6/c29-21(22-16-2-1-3-17(14-16)28(30)31)24-18-15-19(34-13-6-26-4-9-32-10-5-26)25-20(23-18)27-7-11-33-12-8-27/h1-3,14-15H,4-13H2,(H2,22,23,24,25,29). The predicted molar refractivity (Wildman–Crippen MR) is 124 cm³/mol. The van der Waals surface area contributed by atoms with Gasteiger partial charge in [-0.2, -0.15) is 9.97 Å². The zero-order chi connectivity index (χ0) is 23.8. The van der Waals surface area contributed by atoms with E-state index in [9.17, 15) is 14.9 Å². The van der Waals surface area contributed by atoms with E-state index in [4.69, 9.17) is 14.2 Å². The van der Waals surface area contributed by atoms with Crippen molar-refractivity contribution >= 4 is 29.2 Å². The number of benzene rings is 1. The molecule has 0 spiro atoms. The van der Waals surface area contributed by atoms with E-state index in [0.717, 1.165) is 19.6 Å². The lowest BCUT2D eigenvalue weighted by Gasteiger charge is -2.28. The van der Waals surface area contributed by atoms with Crippen molar-refractivity contribution in [2.75, 3.05) is 81.3 Å². The second-order valence-corrected chi connectivity index (χ2v) is 7.68. The third-order valence-corrected chi connectivity index (χ3v) is 5.30. The van der Waals surface area contributed by atoms with E-state index in [1.807, 2.05) is 4.90 Å². The molecule has 34 heavy (non-hydrogen) atoms. The number of nitro benzene ring substituents is 1. The first-order valence-electron chi connectivity index (χ1n) is 11.0. The molecule has 3 heterocycles. The number of carbonyl (C=O) groups is 1. The maximum Gasteiger partial charge on any atom is 0.324 e. The van der Waals surface area contributed by atoms with Crippen molar-refractivity contribution in [2.24, 2.45) is 0 Å². The van der Waals surface area contributed by atoms with Crippen LogP contribution in [0.5, 0.6) is 5.88 Å². The van der Waals surface area contributed by atoms with Crippen LogP contribution in [0.15, 0.2) is 30.3 Å². The fourth-order valence-electron chi connectivity index (χ4n) is 3.54. The van der Waals surface area contributed by atoms with Crippen molar-refractivity contribution in [3.63, 3.8) is 0 Å². The number of urea groups is 1. The number of non-ortho nitro benzene ring substituents is 1. The first kappa shape index (κ1) is 23.6. The van der Waals surface area contributed by atoms with Gasteiger partial charge in [0.25, 0.3) is 5.69 Å². The number of hydrogen-bond acceptors (Lipinski definition) is 10. The van der Waals surface area contributed by atoms with Gasteiger partial charge in [0.15, 0.2) is 0 Å². The van der Waals surface area contributed by atoms with Crippen LogP contribution in [0.3, 0.4) is 0 Å². The number of rotatable bonds is 8. The lowest BCUT2D eigenvalue weighted by Crippen LogP contribution is -2.39. The maximum absolute atomic E-state index is 12.5. The third kappa shape index (κ3) is 6.73. The molecule has 13 heteroatoms. The van der Waals surface area contributed by atoms with Crippen LogP contribution in [0.2, 0.25) is 0 Å². The first-order valence-corrected chi connectivity index (χ1v) is 11.0. The fourth-order valence-corrected chi connectivity index (χ4v) is 3.54. The lowest BCUT2D eigenvalue weighted by molar-refractivity contribution is -0.384. The Hall–Kier alpha value is -3.55. The Labute approximate surface area is 196 Å². The topological polar surface area (TPSA) is 144 Å². The van der Waals surface area contributed by atoms with Crippen molar-refractivity contribution in [1.29, 1.82) is 0 Å². The summed E-state index contributed by atoms with van der Waals surface area (Å²) in [4.78, 5) is 36.2. The molecule has 2 N–H and O–H groups in total. The molecule has 0 unspecified atom stereocenters. The minimum absolute atomic E-state index is 0.120. The molecule has 2 aromatic rings. The summed E-state index contributed by atoms with van der Waals surface area (Å²) in [5.74, 6) is 1.02. The van der Waals surface area contributed by atoms with Gasteiger partial charge in [0.05, 0.1) is 31.4 Å². The van der Waals surface area contributed by atoms with Crippen molar-refractivity contribution < 1.29 is 23.9 Å². The maximum atomic E-state index is 12.5. The third-order valence-electron chi connectivity index (χ3n) is 5.30. The number of aromatic nitrogens is 2. The van der Waals surface area contributed by atoms with Crippen LogP contribution in [0.25, 0.3) is 0 Å². The molecule has 2 saturated heterocycles. The summed E-state index contributed by atoms with van der Waals surface area (Å²) in [6.07, 6.45) is 0. The Bertz CT molecular complexity index is 995. The number of nitrogens with one attached hydrogen (secondary N) is 2.